The maximum atomic E-state index is 14.1. The Balaban J connectivity index is 1.72. The minimum absolute atomic E-state index is 0.0328. The second kappa shape index (κ2) is 12.0. The number of nitrogens with zero attached hydrogens (tertiary/aromatic N) is 5. The molecular formula is C27H30F5N7O3S. The van der Waals surface area contributed by atoms with Crippen LogP contribution < -0.4 is 16.0 Å². The SMILES string of the molecule is Cc1c(-c2cnn(C)c2)cnc(N2CCCC(F)(F)CC2)c1C(=O)Nc1cccc(S(C)(=O)=NC(=O)C(N)C(F)(F)F)c1. The van der Waals surface area contributed by atoms with Crippen molar-refractivity contribution >= 4 is 33.0 Å². The van der Waals surface area contributed by atoms with E-state index in [1.807, 2.05) is 0 Å². The Hall–Kier alpha value is -3.92. The van der Waals surface area contributed by atoms with Crippen LogP contribution >= 0.6 is 0 Å². The first-order valence-electron chi connectivity index (χ1n) is 13.1. The summed E-state index contributed by atoms with van der Waals surface area (Å²) in [7, 11) is -1.96. The van der Waals surface area contributed by atoms with Gasteiger partial charge in [0.1, 0.15) is 5.82 Å². The monoisotopic (exact) mass is 627 g/mol. The standard InChI is InChI=1S/C27H30F5N7O3S/c1-16-20(17-13-35-38(2)15-17)14-34-23(39-10-5-8-26(28,29)9-11-39)21(16)24(40)36-18-6-4-7-19(12-18)43(3,42)37-25(41)22(33)27(30,31)32/h4,6-7,12-15,22H,5,8-11,33H2,1-3H3,(H,36,40). The fraction of sp³-hybridized carbons (Fsp3) is 0.407. The molecule has 2 amide bonds. The third-order valence-electron chi connectivity index (χ3n) is 6.99. The highest BCUT2D eigenvalue weighted by molar-refractivity contribution is 7.93. The van der Waals surface area contributed by atoms with Crippen LogP contribution in [-0.2, 0) is 21.6 Å². The summed E-state index contributed by atoms with van der Waals surface area (Å²) in [5.41, 5.74) is 6.88. The number of benzene rings is 1. The summed E-state index contributed by atoms with van der Waals surface area (Å²) in [4.78, 5) is 31.8. The summed E-state index contributed by atoms with van der Waals surface area (Å²) in [6.07, 6.45) is 0.277. The fourth-order valence-corrected chi connectivity index (χ4v) is 5.89. The lowest BCUT2D eigenvalue weighted by molar-refractivity contribution is -0.160. The van der Waals surface area contributed by atoms with Gasteiger partial charge < -0.3 is 16.0 Å². The zero-order valence-electron chi connectivity index (χ0n) is 23.5. The normalized spacial score (nSPS) is 17.5. The number of alkyl halides is 5. The summed E-state index contributed by atoms with van der Waals surface area (Å²) in [5, 5.41) is 6.83. The maximum absolute atomic E-state index is 14.1. The lowest BCUT2D eigenvalue weighted by Crippen LogP contribution is -2.43. The molecule has 1 aliphatic heterocycles. The predicted octanol–water partition coefficient (Wildman–Crippen LogP) is 4.54. The van der Waals surface area contributed by atoms with E-state index >= 15 is 0 Å². The van der Waals surface area contributed by atoms with Gasteiger partial charge in [-0.1, -0.05) is 6.07 Å². The predicted molar refractivity (Wildman–Crippen MR) is 150 cm³/mol. The van der Waals surface area contributed by atoms with Crippen molar-refractivity contribution in [2.24, 2.45) is 17.1 Å². The lowest BCUT2D eigenvalue weighted by atomic mass is 9.99. The topological polar surface area (TPSA) is 136 Å². The summed E-state index contributed by atoms with van der Waals surface area (Å²) in [5.74, 6) is -5.09. The molecule has 2 aromatic heterocycles. The van der Waals surface area contributed by atoms with Gasteiger partial charge in [-0.2, -0.15) is 22.6 Å². The van der Waals surface area contributed by atoms with Crippen molar-refractivity contribution in [2.45, 2.75) is 49.2 Å². The number of aryl methyl sites for hydroxylation is 1. The fourth-order valence-electron chi connectivity index (χ4n) is 4.65. The highest BCUT2D eigenvalue weighted by Gasteiger charge is 2.42. The highest BCUT2D eigenvalue weighted by atomic mass is 32.2. The zero-order valence-corrected chi connectivity index (χ0v) is 24.3. The average Bonchev–Trinajstić information content (AvgIpc) is 3.26. The number of hydrogen-bond acceptors (Lipinski definition) is 7. The van der Waals surface area contributed by atoms with Gasteiger partial charge in [0.2, 0.25) is 5.92 Å². The van der Waals surface area contributed by atoms with Crippen LogP contribution in [0.3, 0.4) is 0 Å². The van der Waals surface area contributed by atoms with E-state index < -0.39 is 46.1 Å². The lowest BCUT2D eigenvalue weighted by Gasteiger charge is -2.26. The number of amides is 2. The molecule has 3 heterocycles. The molecule has 0 radical (unpaired) electrons. The number of carbonyl (C=O) groups is 2. The smallest absolute Gasteiger partial charge is 0.356 e. The molecule has 232 valence electrons. The van der Waals surface area contributed by atoms with Gasteiger partial charge in [-0.3, -0.25) is 14.3 Å². The van der Waals surface area contributed by atoms with Crippen LogP contribution in [-0.4, -0.2) is 68.3 Å². The number of rotatable bonds is 6. The van der Waals surface area contributed by atoms with Gasteiger partial charge in [0.05, 0.1) is 21.5 Å². The van der Waals surface area contributed by atoms with Crippen molar-refractivity contribution in [3.05, 3.63) is 54.0 Å². The van der Waals surface area contributed by atoms with Gasteiger partial charge in [-0.25, -0.2) is 18.0 Å². The van der Waals surface area contributed by atoms with E-state index in [0.717, 1.165) is 6.26 Å². The minimum Gasteiger partial charge on any atom is -0.356 e. The molecule has 2 unspecified atom stereocenters. The van der Waals surface area contributed by atoms with Crippen LogP contribution in [0.25, 0.3) is 11.1 Å². The van der Waals surface area contributed by atoms with Crippen LogP contribution in [0.15, 0.2) is 52.1 Å². The molecule has 0 aliphatic carbocycles. The highest BCUT2D eigenvalue weighted by Crippen LogP contribution is 2.34. The molecule has 4 rings (SSSR count). The van der Waals surface area contributed by atoms with Gasteiger partial charge in [0, 0.05) is 73.3 Å². The first-order valence-corrected chi connectivity index (χ1v) is 15.0. The van der Waals surface area contributed by atoms with E-state index in [4.69, 9.17) is 5.73 Å². The number of carbonyl (C=O) groups excluding carboxylic acids is 2. The Morgan fingerprint density at radius 1 is 1.19 bits per heavy atom. The Morgan fingerprint density at radius 2 is 1.91 bits per heavy atom. The van der Waals surface area contributed by atoms with Crippen molar-refractivity contribution in [1.82, 2.24) is 14.8 Å². The number of hydrogen-bond donors (Lipinski definition) is 2. The number of anilines is 2. The molecule has 1 saturated heterocycles. The first-order chi connectivity index (χ1) is 20.0. The van der Waals surface area contributed by atoms with Crippen LogP contribution in [0.4, 0.5) is 33.5 Å². The van der Waals surface area contributed by atoms with Gasteiger partial charge in [-0.05, 0) is 37.1 Å². The molecular weight excluding hydrogens is 597 g/mol. The number of nitrogens with two attached hydrogens (primary N) is 1. The van der Waals surface area contributed by atoms with Crippen LogP contribution in [0.1, 0.15) is 35.2 Å². The molecule has 0 spiro atoms. The molecule has 2 atom stereocenters. The maximum Gasteiger partial charge on any atom is 0.412 e. The third kappa shape index (κ3) is 7.36. The van der Waals surface area contributed by atoms with Crippen molar-refractivity contribution < 1.29 is 35.8 Å². The van der Waals surface area contributed by atoms with Crippen molar-refractivity contribution in [3.8, 4) is 11.1 Å². The van der Waals surface area contributed by atoms with Crippen molar-refractivity contribution in [1.29, 1.82) is 0 Å². The second-order valence-electron chi connectivity index (χ2n) is 10.3. The van der Waals surface area contributed by atoms with Gasteiger partial charge in [0.25, 0.3) is 11.8 Å². The molecule has 1 fully saturated rings. The minimum atomic E-state index is -5.07. The molecule has 10 nitrogen and oxygen atoms in total. The molecule has 0 saturated carbocycles. The molecule has 43 heavy (non-hydrogen) atoms. The summed E-state index contributed by atoms with van der Waals surface area (Å²) < 4.78 is 84.7. The van der Waals surface area contributed by atoms with Crippen LogP contribution in [0, 0.1) is 6.92 Å². The number of pyridine rings is 1. The average molecular weight is 628 g/mol. The van der Waals surface area contributed by atoms with E-state index in [-0.39, 0.29) is 47.9 Å². The molecule has 16 heteroatoms. The second-order valence-corrected chi connectivity index (χ2v) is 12.6. The Morgan fingerprint density at radius 3 is 2.56 bits per heavy atom. The van der Waals surface area contributed by atoms with Gasteiger partial charge >= 0.3 is 6.18 Å². The van der Waals surface area contributed by atoms with E-state index in [2.05, 4.69) is 19.8 Å². The first kappa shape index (κ1) is 32.0. The molecule has 3 aromatic rings. The van der Waals surface area contributed by atoms with E-state index in [9.17, 15) is 35.8 Å². The molecule has 3 N–H and O–H groups in total. The van der Waals surface area contributed by atoms with Crippen molar-refractivity contribution in [2.75, 3.05) is 29.6 Å². The summed E-state index contributed by atoms with van der Waals surface area (Å²) >= 11 is 0. The van der Waals surface area contributed by atoms with E-state index in [0.29, 0.717) is 16.7 Å². The van der Waals surface area contributed by atoms with E-state index in [1.54, 1.807) is 42.1 Å². The van der Waals surface area contributed by atoms with Gasteiger partial charge in [-0.15, -0.1) is 0 Å². The number of nitrogens with one attached hydrogen (secondary N) is 1. The summed E-state index contributed by atoms with van der Waals surface area (Å²) in [6, 6.07) is 2.39. The van der Waals surface area contributed by atoms with Gasteiger partial charge in [0.15, 0.2) is 6.04 Å². The Labute approximate surface area is 244 Å². The summed E-state index contributed by atoms with van der Waals surface area (Å²) in [6.45, 7) is 1.91. The van der Waals surface area contributed by atoms with Crippen LogP contribution in [0.2, 0.25) is 0 Å². The number of halogens is 5. The van der Waals surface area contributed by atoms with Crippen LogP contribution in [0.5, 0.6) is 0 Å². The molecule has 1 aromatic carbocycles. The Bertz CT molecular complexity index is 1660. The zero-order chi connectivity index (χ0) is 31.7. The van der Waals surface area contributed by atoms with E-state index in [1.165, 1.54) is 24.3 Å². The van der Waals surface area contributed by atoms with Crippen molar-refractivity contribution in [3.63, 3.8) is 0 Å². The Kier molecular flexibility index (Phi) is 8.92. The quantitative estimate of drug-likeness (QED) is 0.383. The molecule has 1 aliphatic rings. The third-order valence-corrected chi connectivity index (χ3v) is 8.65. The largest absolute Gasteiger partial charge is 0.412 e. The molecule has 0 bridgehead atoms. The number of aromatic nitrogens is 3.